The molecule has 0 bridgehead atoms. The molecule has 0 radical (unpaired) electrons. The van der Waals surface area contributed by atoms with E-state index in [1.807, 2.05) is 0 Å². The first-order valence-corrected chi connectivity index (χ1v) is 8.42. The van der Waals surface area contributed by atoms with E-state index in [2.05, 4.69) is 10.6 Å². The number of hydrogen-bond acceptors (Lipinski definition) is 3. The van der Waals surface area contributed by atoms with E-state index in [-0.39, 0.29) is 18.4 Å². The molecule has 0 spiro atoms. The number of carbonyl (C=O) groups is 2. The van der Waals surface area contributed by atoms with Gasteiger partial charge in [-0.25, -0.2) is 0 Å². The minimum absolute atomic E-state index is 0.134. The third-order valence-electron chi connectivity index (χ3n) is 4.04. The topological polar surface area (TPSA) is 61.4 Å². The first-order valence-electron chi connectivity index (χ1n) is 7.67. The van der Waals surface area contributed by atoms with E-state index in [0.29, 0.717) is 26.9 Å². The fourth-order valence-corrected chi connectivity index (χ4v) is 3.48. The first kappa shape index (κ1) is 17.7. The average Bonchev–Trinajstić information content (AvgIpc) is 2.80. The highest BCUT2D eigenvalue weighted by atomic mass is 35.5. The van der Waals surface area contributed by atoms with Gasteiger partial charge < -0.3 is 15.5 Å². The van der Waals surface area contributed by atoms with Crippen molar-refractivity contribution in [2.75, 3.05) is 26.0 Å². The fourth-order valence-electron chi connectivity index (χ4n) is 3.03. The van der Waals surface area contributed by atoms with Gasteiger partial charge in [0.15, 0.2) is 5.54 Å². The van der Waals surface area contributed by atoms with E-state index in [1.165, 1.54) is 0 Å². The molecule has 1 unspecified atom stereocenters. The Morgan fingerprint density at radius 2 is 1.88 bits per heavy atom. The molecule has 1 aliphatic heterocycles. The maximum absolute atomic E-state index is 13.0. The van der Waals surface area contributed by atoms with Gasteiger partial charge in [-0.1, -0.05) is 41.4 Å². The Balaban J connectivity index is 2.21. The molecule has 3 rings (SSSR count). The van der Waals surface area contributed by atoms with Gasteiger partial charge >= 0.3 is 0 Å². The lowest BCUT2D eigenvalue weighted by Gasteiger charge is -2.30. The molecule has 0 fully saturated rings. The van der Waals surface area contributed by atoms with E-state index >= 15 is 0 Å². The summed E-state index contributed by atoms with van der Waals surface area (Å²) in [4.78, 5) is 27.3. The summed E-state index contributed by atoms with van der Waals surface area (Å²) in [6.45, 7) is 0.134. The Morgan fingerprint density at radius 3 is 2.56 bits per heavy atom. The summed E-state index contributed by atoms with van der Waals surface area (Å²) in [7, 11) is 3.56. The minimum atomic E-state index is -1.42. The molecule has 25 heavy (non-hydrogen) atoms. The molecular formula is C18H17Cl2N3O2. The smallest absolute Gasteiger partial charge is 0.259 e. The quantitative estimate of drug-likeness (QED) is 0.860. The molecule has 5 nitrogen and oxygen atoms in total. The lowest BCUT2D eigenvalue weighted by atomic mass is 9.83. The van der Waals surface area contributed by atoms with Crippen molar-refractivity contribution in [2.24, 2.45) is 0 Å². The highest BCUT2D eigenvalue weighted by molar-refractivity contribution is 6.32. The number of carbonyl (C=O) groups excluding carboxylic acids is 2. The van der Waals surface area contributed by atoms with Crippen molar-refractivity contribution in [3.05, 3.63) is 63.6 Å². The number of nitrogens with one attached hydrogen (secondary N) is 2. The molecule has 0 saturated carbocycles. The van der Waals surface area contributed by atoms with Gasteiger partial charge in [0.25, 0.3) is 5.91 Å². The van der Waals surface area contributed by atoms with Crippen molar-refractivity contribution in [1.29, 1.82) is 0 Å². The second kappa shape index (κ2) is 6.67. The SMILES string of the molecule is CN(C)CC(=O)NC1(c2ccccc2Cl)C(=O)Nc2ccc(Cl)cc21. The van der Waals surface area contributed by atoms with E-state index in [0.717, 1.165) is 0 Å². The van der Waals surface area contributed by atoms with Crippen molar-refractivity contribution in [3.63, 3.8) is 0 Å². The monoisotopic (exact) mass is 377 g/mol. The number of hydrogen-bond donors (Lipinski definition) is 2. The summed E-state index contributed by atoms with van der Waals surface area (Å²) in [6, 6.07) is 12.0. The second-order valence-corrected chi connectivity index (χ2v) is 7.00. The Bertz CT molecular complexity index is 854. The summed E-state index contributed by atoms with van der Waals surface area (Å²) in [5, 5.41) is 6.54. The van der Waals surface area contributed by atoms with Gasteiger partial charge in [0.05, 0.1) is 6.54 Å². The first-order chi connectivity index (χ1) is 11.8. The molecule has 0 aromatic heterocycles. The molecular weight excluding hydrogens is 361 g/mol. The number of halogens is 2. The molecule has 0 aliphatic carbocycles. The largest absolute Gasteiger partial charge is 0.333 e. The Hall–Kier alpha value is -2.08. The third kappa shape index (κ3) is 3.11. The van der Waals surface area contributed by atoms with E-state index in [1.54, 1.807) is 61.5 Å². The number of anilines is 1. The molecule has 2 aromatic carbocycles. The van der Waals surface area contributed by atoms with Crippen molar-refractivity contribution < 1.29 is 9.59 Å². The van der Waals surface area contributed by atoms with E-state index in [9.17, 15) is 9.59 Å². The van der Waals surface area contributed by atoms with Crippen LogP contribution in [-0.4, -0.2) is 37.4 Å². The Kier molecular flexibility index (Phi) is 4.73. The van der Waals surface area contributed by atoms with Crippen LogP contribution in [0.15, 0.2) is 42.5 Å². The van der Waals surface area contributed by atoms with Crippen LogP contribution in [0.1, 0.15) is 11.1 Å². The lowest BCUT2D eigenvalue weighted by Crippen LogP contribution is -2.53. The molecule has 1 atom stereocenters. The average molecular weight is 378 g/mol. The van der Waals surface area contributed by atoms with E-state index < -0.39 is 5.54 Å². The summed E-state index contributed by atoms with van der Waals surface area (Å²) >= 11 is 12.5. The molecule has 1 aliphatic rings. The lowest BCUT2D eigenvalue weighted by molar-refractivity contribution is -0.129. The van der Waals surface area contributed by atoms with Crippen LogP contribution >= 0.6 is 23.2 Å². The van der Waals surface area contributed by atoms with Gasteiger partial charge in [0, 0.05) is 26.9 Å². The normalized spacial score (nSPS) is 18.8. The third-order valence-corrected chi connectivity index (χ3v) is 4.60. The van der Waals surface area contributed by atoms with Crippen LogP contribution in [0.5, 0.6) is 0 Å². The van der Waals surface area contributed by atoms with Gasteiger partial charge in [-0.05, 0) is 38.4 Å². The molecule has 7 heteroatoms. The number of benzene rings is 2. The Morgan fingerprint density at radius 1 is 1.16 bits per heavy atom. The van der Waals surface area contributed by atoms with Crippen molar-refractivity contribution in [3.8, 4) is 0 Å². The minimum Gasteiger partial charge on any atom is -0.333 e. The summed E-state index contributed by atoms with van der Waals surface area (Å²) in [5.41, 5.74) is 0.248. The van der Waals surface area contributed by atoms with Crippen LogP contribution in [0.2, 0.25) is 10.0 Å². The van der Waals surface area contributed by atoms with Crippen LogP contribution in [0, 0.1) is 0 Å². The maximum Gasteiger partial charge on any atom is 0.259 e. The summed E-state index contributed by atoms with van der Waals surface area (Å²) < 4.78 is 0. The zero-order valence-electron chi connectivity index (χ0n) is 13.8. The van der Waals surface area contributed by atoms with Gasteiger partial charge in [-0.2, -0.15) is 0 Å². The molecule has 2 N–H and O–H groups in total. The summed E-state index contributed by atoms with van der Waals surface area (Å²) in [5.74, 6) is -0.669. The van der Waals surface area contributed by atoms with Gasteiger partial charge in [-0.3, -0.25) is 9.59 Å². The molecule has 1 heterocycles. The predicted octanol–water partition coefficient (Wildman–Crippen LogP) is 2.87. The van der Waals surface area contributed by atoms with Crippen LogP contribution in [0.4, 0.5) is 5.69 Å². The number of fused-ring (bicyclic) bond motifs is 1. The molecule has 2 aromatic rings. The number of rotatable bonds is 4. The zero-order chi connectivity index (χ0) is 18.2. The Labute approximate surface area is 155 Å². The van der Waals surface area contributed by atoms with Crippen LogP contribution in [-0.2, 0) is 15.1 Å². The fraction of sp³-hybridized carbons (Fsp3) is 0.222. The van der Waals surface area contributed by atoms with Crippen LogP contribution in [0.3, 0.4) is 0 Å². The zero-order valence-corrected chi connectivity index (χ0v) is 15.3. The predicted molar refractivity (Wildman–Crippen MR) is 99.0 cm³/mol. The number of amides is 2. The number of nitrogens with zero attached hydrogens (tertiary/aromatic N) is 1. The molecule has 0 saturated heterocycles. The van der Waals surface area contributed by atoms with Gasteiger partial charge in [-0.15, -0.1) is 0 Å². The highest BCUT2D eigenvalue weighted by Crippen LogP contribution is 2.44. The van der Waals surface area contributed by atoms with Crippen LogP contribution < -0.4 is 10.6 Å². The summed E-state index contributed by atoms with van der Waals surface area (Å²) in [6.07, 6.45) is 0. The number of likely N-dealkylation sites (N-methyl/N-ethyl adjacent to an activating group) is 1. The van der Waals surface area contributed by atoms with Crippen molar-refractivity contribution >= 4 is 40.7 Å². The van der Waals surface area contributed by atoms with Gasteiger partial charge in [0.2, 0.25) is 5.91 Å². The second-order valence-electron chi connectivity index (χ2n) is 6.16. The highest BCUT2D eigenvalue weighted by Gasteiger charge is 2.50. The van der Waals surface area contributed by atoms with Crippen molar-refractivity contribution in [1.82, 2.24) is 10.2 Å². The standard InChI is InChI=1S/C18H17Cl2N3O2/c1-23(2)10-16(24)22-18(12-5-3-4-6-14(12)20)13-9-11(19)7-8-15(13)21-17(18)25/h3-9H,10H2,1-2H3,(H,21,25)(H,22,24). The molecule has 130 valence electrons. The van der Waals surface area contributed by atoms with E-state index in [4.69, 9.17) is 23.2 Å². The van der Waals surface area contributed by atoms with Crippen LogP contribution in [0.25, 0.3) is 0 Å². The maximum atomic E-state index is 13.0. The van der Waals surface area contributed by atoms with Gasteiger partial charge in [0.1, 0.15) is 0 Å². The molecule has 2 amide bonds. The van der Waals surface area contributed by atoms with Crippen molar-refractivity contribution in [2.45, 2.75) is 5.54 Å².